The lowest BCUT2D eigenvalue weighted by Crippen LogP contribution is -2.42. The Morgan fingerprint density at radius 2 is 1.90 bits per heavy atom. The molecule has 0 unspecified atom stereocenters. The number of nitriles is 1. The highest BCUT2D eigenvalue weighted by molar-refractivity contribution is 5.91. The predicted molar refractivity (Wildman–Crippen MR) is 151 cm³/mol. The minimum absolute atomic E-state index is 0.0252. The average Bonchev–Trinajstić information content (AvgIpc) is 3.57. The van der Waals surface area contributed by atoms with Crippen molar-refractivity contribution >= 4 is 28.5 Å². The molecule has 0 bridgehead atoms. The van der Waals surface area contributed by atoms with E-state index in [-0.39, 0.29) is 29.4 Å². The first-order chi connectivity index (χ1) is 19.8. The molecule has 0 radical (unpaired) electrons. The van der Waals surface area contributed by atoms with E-state index in [1.54, 1.807) is 29.0 Å². The Kier molecular flexibility index (Phi) is 7.01. The fourth-order valence-electron chi connectivity index (χ4n) is 5.78. The summed E-state index contributed by atoms with van der Waals surface area (Å²) >= 11 is 0. The smallest absolute Gasteiger partial charge is 0.302 e. The Morgan fingerprint density at radius 1 is 1.05 bits per heavy atom. The number of benzene rings is 2. The Labute approximate surface area is 235 Å². The topological polar surface area (TPSA) is 113 Å². The van der Waals surface area contributed by atoms with E-state index in [1.165, 1.54) is 25.1 Å². The number of carbonyl (C=O) groups excluding carboxylic acids is 1. The molecule has 2 aromatic carbocycles. The van der Waals surface area contributed by atoms with Gasteiger partial charge in [-0.2, -0.15) is 5.26 Å². The second-order valence-corrected chi connectivity index (χ2v) is 10.5. The van der Waals surface area contributed by atoms with E-state index in [0.717, 1.165) is 25.1 Å². The molecule has 9 nitrogen and oxygen atoms in total. The summed E-state index contributed by atoms with van der Waals surface area (Å²) in [5, 5.41) is 9.23. The van der Waals surface area contributed by atoms with E-state index in [2.05, 4.69) is 9.88 Å². The highest BCUT2D eigenvalue weighted by Crippen LogP contribution is 2.36. The highest BCUT2D eigenvalue weighted by Gasteiger charge is 2.28. The van der Waals surface area contributed by atoms with Gasteiger partial charge in [-0.05, 0) is 55.3 Å². The Bertz CT molecular complexity index is 1680. The van der Waals surface area contributed by atoms with Crippen LogP contribution in [0.25, 0.3) is 28.2 Å². The Balaban J connectivity index is 1.47. The van der Waals surface area contributed by atoms with Crippen LogP contribution in [0.5, 0.6) is 0 Å². The number of fused-ring (bicyclic) bond motifs is 1. The van der Waals surface area contributed by atoms with Gasteiger partial charge in [0.1, 0.15) is 35.1 Å². The van der Waals surface area contributed by atoms with Crippen LogP contribution in [-0.4, -0.2) is 58.8 Å². The number of ether oxygens (including phenoxy) is 1. The van der Waals surface area contributed by atoms with Crippen molar-refractivity contribution in [2.75, 3.05) is 36.0 Å². The molecule has 2 fully saturated rings. The third-order valence-corrected chi connectivity index (χ3v) is 7.69. The molecule has 0 spiro atoms. The summed E-state index contributed by atoms with van der Waals surface area (Å²) in [7, 11) is 0. The quantitative estimate of drug-likeness (QED) is 0.361. The van der Waals surface area contributed by atoms with Gasteiger partial charge in [-0.15, -0.1) is 0 Å². The number of esters is 1. The van der Waals surface area contributed by atoms with Gasteiger partial charge in [0.25, 0.3) is 0 Å². The first-order valence-corrected chi connectivity index (χ1v) is 13.6. The van der Waals surface area contributed by atoms with E-state index in [4.69, 9.17) is 15.5 Å². The van der Waals surface area contributed by atoms with Crippen LogP contribution >= 0.6 is 0 Å². The summed E-state index contributed by atoms with van der Waals surface area (Å²) in [6, 6.07) is 12.8. The van der Waals surface area contributed by atoms with Gasteiger partial charge in [-0.1, -0.05) is 0 Å². The largest absolute Gasteiger partial charge is 0.461 e. The molecule has 2 N–H and O–H groups in total. The molecule has 2 atom stereocenters. The lowest BCUT2D eigenvalue weighted by Gasteiger charge is -2.32. The molecule has 4 heterocycles. The predicted octanol–water partition coefficient (Wildman–Crippen LogP) is 4.31. The zero-order chi connectivity index (χ0) is 28.7. The van der Waals surface area contributed by atoms with Crippen LogP contribution in [0.1, 0.15) is 31.7 Å². The van der Waals surface area contributed by atoms with Gasteiger partial charge >= 0.3 is 5.97 Å². The number of anilines is 2. The van der Waals surface area contributed by atoms with Gasteiger partial charge in [0.15, 0.2) is 5.65 Å². The molecule has 2 aliphatic rings. The molecular weight excluding hydrogens is 528 g/mol. The maximum Gasteiger partial charge on any atom is 0.302 e. The number of piperidine rings is 1. The molecular formula is C30H29F2N7O2. The molecule has 0 aliphatic carbocycles. The Hall–Kier alpha value is -4.56. The van der Waals surface area contributed by atoms with E-state index in [9.17, 15) is 14.4 Å². The number of halogens is 2. The van der Waals surface area contributed by atoms with Crippen molar-refractivity contribution in [3.8, 4) is 23.1 Å². The monoisotopic (exact) mass is 557 g/mol. The van der Waals surface area contributed by atoms with Gasteiger partial charge in [0.05, 0.1) is 23.5 Å². The first kappa shape index (κ1) is 26.7. The number of carbonyl (C=O) groups is 1. The summed E-state index contributed by atoms with van der Waals surface area (Å²) in [4.78, 5) is 25.0. The fraction of sp³-hybridized carbons (Fsp3) is 0.333. The van der Waals surface area contributed by atoms with Crippen molar-refractivity contribution in [1.29, 1.82) is 5.26 Å². The minimum Gasteiger partial charge on any atom is -0.461 e. The van der Waals surface area contributed by atoms with Crippen LogP contribution in [0.4, 0.5) is 20.2 Å². The third-order valence-electron chi connectivity index (χ3n) is 7.69. The lowest BCUT2D eigenvalue weighted by atomic mass is 10.1. The molecule has 2 aliphatic heterocycles. The highest BCUT2D eigenvalue weighted by atomic mass is 19.1. The van der Waals surface area contributed by atoms with E-state index < -0.39 is 11.6 Å². The van der Waals surface area contributed by atoms with E-state index >= 15 is 4.39 Å². The number of nitrogens with zero attached hydrogens (tertiary/aromatic N) is 6. The van der Waals surface area contributed by atoms with E-state index in [1.807, 2.05) is 17.0 Å². The lowest BCUT2D eigenvalue weighted by molar-refractivity contribution is -0.145. The molecule has 6 rings (SSSR count). The van der Waals surface area contributed by atoms with Gasteiger partial charge in [0, 0.05) is 56.5 Å². The van der Waals surface area contributed by atoms with Crippen molar-refractivity contribution in [2.24, 2.45) is 5.73 Å². The van der Waals surface area contributed by atoms with Crippen molar-refractivity contribution in [2.45, 2.75) is 38.3 Å². The molecule has 2 aromatic heterocycles. The van der Waals surface area contributed by atoms with Crippen LogP contribution in [0.15, 0.2) is 48.7 Å². The van der Waals surface area contributed by atoms with Crippen LogP contribution in [0.2, 0.25) is 0 Å². The number of imidazole rings is 1. The number of hydrogen-bond donors (Lipinski definition) is 1. The number of hydrogen-bond acceptors (Lipinski definition) is 8. The maximum atomic E-state index is 16.0. The minimum atomic E-state index is -0.689. The first-order valence-electron chi connectivity index (χ1n) is 13.6. The van der Waals surface area contributed by atoms with Gasteiger partial charge in [0.2, 0.25) is 0 Å². The summed E-state index contributed by atoms with van der Waals surface area (Å²) < 4.78 is 37.6. The van der Waals surface area contributed by atoms with Crippen molar-refractivity contribution in [3.63, 3.8) is 0 Å². The second-order valence-electron chi connectivity index (χ2n) is 10.5. The fourth-order valence-corrected chi connectivity index (χ4v) is 5.78. The van der Waals surface area contributed by atoms with Crippen LogP contribution in [0.3, 0.4) is 0 Å². The van der Waals surface area contributed by atoms with Crippen molar-refractivity contribution < 1.29 is 18.3 Å². The van der Waals surface area contributed by atoms with Gasteiger partial charge in [-0.25, -0.2) is 18.7 Å². The van der Waals surface area contributed by atoms with Gasteiger partial charge < -0.3 is 20.3 Å². The van der Waals surface area contributed by atoms with Crippen molar-refractivity contribution in [1.82, 2.24) is 14.5 Å². The summed E-state index contributed by atoms with van der Waals surface area (Å²) in [5.74, 6) is -1.24. The molecule has 4 aromatic rings. The molecule has 0 amide bonds. The summed E-state index contributed by atoms with van der Waals surface area (Å²) in [6.07, 6.45) is 3.95. The zero-order valence-electron chi connectivity index (χ0n) is 22.6. The average molecular weight is 558 g/mol. The maximum absolute atomic E-state index is 16.0. The molecule has 2 saturated heterocycles. The standard InChI is InChI=1S/C30H29F2N7O2/c1-18(40)41-23-9-12-37(17-23)22-6-7-26(25(32)14-22)39-29(19-4-5-20(15-33)24(31)13-19)36-28-27(8-10-35-30(28)39)38-11-2-3-21(34)16-38/h4-8,10,13-14,21,23H,2-3,9,11-12,16-17,34H2,1H3/t21-,23+/m1/s1. The number of aromatic nitrogens is 3. The van der Waals surface area contributed by atoms with Crippen LogP contribution < -0.4 is 15.5 Å². The number of rotatable bonds is 5. The summed E-state index contributed by atoms with van der Waals surface area (Å²) in [5.41, 5.74) is 9.20. The molecule has 41 heavy (non-hydrogen) atoms. The number of pyridine rings is 1. The Morgan fingerprint density at radius 3 is 2.63 bits per heavy atom. The van der Waals surface area contributed by atoms with E-state index in [0.29, 0.717) is 54.3 Å². The molecule has 210 valence electrons. The summed E-state index contributed by atoms with van der Waals surface area (Å²) in [6.45, 7) is 3.94. The number of nitrogens with two attached hydrogens (primary N) is 1. The third kappa shape index (κ3) is 5.07. The van der Waals surface area contributed by atoms with Crippen LogP contribution in [0, 0.1) is 23.0 Å². The van der Waals surface area contributed by atoms with Crippen LogP contribution in [-0.2, 0) is 9.53 Å². The molecule has 11 heteroatoms. The SMILES string of the molecule is CC(=O)O[C@H]1CCN(c2ccc(-n3c(-c4ccc(C#N)c(F)c4)nc4c(N5CCC[C@@H](N)C5)ccnc43)c(F)c2)C1. The molecule has 0 saturated carbocycles. The van der Waals surface area contributed by atoms with Crippen molar-refractivity contribution in [3.05, 3.63) is 65.9 Å². The zero-order valence-corrected chi connectivity index (χ0v) is 22.6. The second kappa shape index (κ2) is 10.8. The normalized spacial score (nSPS) is 19.0. The van der Waals surface area contributed by atoms with Gasteiger partial charge in [-0.3, -0.25) is 9.36 Å².